The number of hydrogen-bond donors (Lipinski definition) is 1. The summed E-state index contributed by atoms with van der Waals surface area (Å²) in [6, 6.07) is 10.8. The van der Waals surface area contributed by atoms with Crippen molar-refractivity contribution in [3.05, 3.63) is 53.1 Å². The van der Waals surface area contributed by atoms with Crippen LogP contribution in [0, 0.1) is 20.8 Å². The van der Waals surface area contributed by atoms with Crippen LogP contribution in [0.4, 0.5) is 11.4 Å². The third-order valence-electron chi connectivity index (χ3n) is 4.91. The maximum absolute atomic E-state index is 12.8. The van der Waals surface area contributed by atoms with E-state index in [4.69, 9.17) is 5.73 Å². The van der Waals surface area contributed by atoms with Gasteiger partial charge < -0.3 is 10.6 Å². The molecule has 2 aromatic rings. The normalized spacial score (nSPS) is 16.2. The van der Waals surface area contributed by atoms with Crippen molar-refractivity contribution in [3.8, 4) is 0 Å². The fourth-order valence-electron chi connectivity index (χ4n) is 3.24. The zero-order chi connectivity index (χ0) is 18.2. The Balaban J connectivity index is 1.76. The van der Waals surface area contributed by atoms with Gasteiger partial charge in [0, 0.05) is 37.6 Å². The van der Waals surface area contributed by atoms with E-state index in [1.165, 1.54) is 22.4 Å². The van der Waals surface area contributed by atoms with Gasteiger partial charge in [0.25, 0.3) is 0 Å². The van der Waals surface area contributed by atoms with Crippen molar-refractivity contribution in [2.45, 2.75) is 25.7 Å². The topological polar surface area (TPSA) is 66.6 Å². The molecular weight excluding hydrogens is 334 g/mol. The lowest BCUT2D eigenvalue weighted by Crippen LogP contribution is -2.48. The van der Waals surface area contributed by atoms with Gasteiger partial charge in [-0.3, -0.25) is 0 Å². The summed E-state index contributed by atoms with van der Waals surface area (Å²) in [6.45, 7) is 8.69. The average molecular weight is 359 g/mol. The zero-order valence-corrected chi connectivity index (χ0v) is 15.8. The second-order valence-corrected chi connectivity index (χ2v) is 8.62. The molecule has 0 atom stereocenters. The van der Waals surface area contributed by atoms with Crippen LogP contribution in [-0.2, 0) is 10.0 Å². The minimum atomic E-state index is -3.46. The van der Waals surface area contributed by atoms with Crippen LogP contribution < -0.4 is 10.6 Å². The molecule has 0 radical (unpaired) electrons. The van der Waals surface area contributed by atoms with Gasteiger partial charge in [-0.15, -0.1) is 0 Å². The molecule has 0 spiro atoms. The number of anilines is 2. The summed E-state index contributed by atoms with van der Waals surface area (Å²) in [6.07, 6.45) is 0. The van der Waals surface area contributed by atoms with E-state index in [9.17, 15) is 8.42 Å². The van der Waals surface area contributed by atoms with Gasteiger partial charge in [0.15, 0.2) is 0 Å². The largest absolute Gasteiger partial charge is 0.399 e. The molecular formula is C19H25N3O2S. The first-order valence-electron chi connectivity index (χ1n) is 8.47. The second-order valence-electron chi connectivity index (χ2n) is 6.68. The molecule has 2 N–H and O–H groups in total. The lowest BCUT2D eigenvalue weighted by atomic mass is 10.0. The Morgan fingerprint density at radius 3 is 2.00 bits per heavy atom. The highest BCUT2D eigenvalue weighted by Crippen LogP contribution is 2.26. The standard InChI is InChI=1S/C19H25N3O2S/c1-14-12-16(3)19(13-15(14)2)21-8-10-22(11-9-21)25(23,24)18-6-4-17(20)5-7-18/h4-7,12-13H,8-11,20H2,1-3H3. The van der Waals surface area contributed by atoms with Crippen LogP contribution >= 0.6 is 0 Å². The first-order valence-corrected chi connectivity index (χ1v) is 9.91. The van der Waals surface area contributed by atoms with Crippen LogP contribution in [0.3, 0.4) is 0 Å². The van der Waals surface area contributed by atoms with Gasteiger partial charge >= 0.3 is 0 Å². The maximum Gasteiger partial charge on any atom is 0.243 e. The van der Waals surface area contributed by atoms with E-state index >= 15 is 0 Å². The van der Waals surface area contributed by atoms with E-state index in [1.54, 1.807) is 28.6 Å². The average Bonchev–Trinajstić information content (AvgIpc) is 2.59. The zero-order valence-electron chi connectivity index (χ0n) is 15.0. The van der Waals surface area contributed by atoms with Crippen molar-refractivity contribution in [1.29, 1.82) is 0 Å². The van der Waals surface area contributed by atoms with E-state index in [0.29, 0.717) is 36.8 Å². The van der Waals surface area contributed by atoms with E-state index in [0.717, 1.165) is 0 Å². The van der Waals surface area contributed by atoms with Crippen molar-refractivity contribution >= 4 is 21.4 Å². The highest BCUT2D eigenvalue weighted by atomic mass is 32.2. The maximum atomic E-state index is 12.8. The van der Waals surface area contributed by atoms with E-state index in [-0.39, 0.29) is 0 Å². The third kappa shape index (κ3) is 3.50. The monoisotopic (exact) mass is 359 g/mol. The summed E-state index contributed by atoms with van der Waals surface area (Å²) < 4.78 is 27.1. The highest BCUT2D eigenvalue weighted by molar-refractivity contribution is 7.89. The number of nitrogen functional groups attached to an aromatic ring is 1. The quantitative estimate of drug-likeness (QED) is 0.856. The molecule has 0 unspecified atom stereocenters. The molecule has 134 valence electrons. The molecule has 3 rings (SSSR count). The van der Waals surface area contributed by atoms with Crippen molar-refractivity contribution < 1.29 is 8.42 Å². The third-order valence-corrected chi connectivity index (χ3v) is 6.82. The molecule has 6 heteroatoms. The number of piperazine rings is 1. The molecule has 25 heavy (non-hydrogen) atoms. The predicted octanol–water partition coefficient (Wildman–Crippen LogP) is 2.70. The molecule has 5 nitrogen and oxygen atoms in total. The SMILES string of the molecule is Cc1cc(C)c(N2CCN(S(=O)(=O)c3ccc(N)cc3)CC2)cc1C. The summed E-state index contributed by atoms with van der Waals surface area (Å²) in [5, 5.41) is 0. The van der Waals surface area contributed by atoms with Gasteiger partial charge in [0.1, 0.15) is 0 Å². The van der Waals surface area contributed by atoms with E-state index < -0.39 is 10.0 Å². The first-order chi connectivity index (χ1) is 11.8. The van der Waals surface area contributed by atoms with Gasteiger partial charge in [-0.2, -0.15) is 4.31 Å². The Kier molecular flexibility index (Phi) is 4.75. The van der Waals surface area contributed by atoms with E-state index in [1.807, 2.05) is 0 Å². The predicted molar refractivity (Wildman–Crippen MR) is 102 cm³/mol. The van der Waals surface area contributed by atoms with Crippen molar-refractivity contribution in [2.24, 2.45) is 0 Å². The number of rotatable bonds is 3. The number of aryl methyl sites for hydroxylation is 3. The lowest BCUT2D eigenvalue weighted by Gasteiger charge is -2.36. The van der Waals surface area contributed by atoms with Gasteiger partial charge in [-0.05, 0) is 67.8 Å². The molecule has 1 saturated heterocycles. The Morgan fingerprint density at radius 2 is 1.40 bits per heavy atom. The molecule has 2 aromatic carbocycles. The summed E-state index contributed by atoms with van der Waals surface area (Å²) in [5.41, 5.74) is 11.2. The molecule has 1 fully saturated rings. The number of nitrogens with zero attached hydrogens (tertiary/aromatic N) is 2. The smallest absolute Gasteiger partial charge is 0.243 e. The lowest BCUT2D eigenvalue weighted by molar-refractivity contribution is 0.384. The first kappa shape index (κ1) is 17.8. The number of nitrogens with two attached hydrogens (primary N) is 1. The fourth-order valence-corrected chi connectivity index (χ4v) is 4.67. The Labute approximate surface area is 150 Å². The number of hydrogen-bond acceptors (Lipinski definition) is 4. The Bertz CT molecular complexity index is 868. The minimum absolute atomic E-state index is 0.303. The molecule has 1 heterocycles. The van der Waals surface area contributed by atoms with Gasteiger partial charge in [0.05, 0.1) is 4.90 Å². The fraction of sp³-hybridized carbons (Fsp3) is 0.368. The van der Waals surface area contributed by atoms with Crippen LogP contribution in [0.15, 0.2) is 41.3 Å². The van der Waals surface area contributed by atoms with E-state index in [2.05, 4.69) is 37.8 Å². The van der Waals surface area contributed by atoms with Crippen LogP contribution in [0.1, 0.15) is 16.7 Å². The molecule has 1 aliphatic heterocycles. The van der Waals surface area contributed by atoms with Crippen molar-refractivity contribution in [1.82, 2.24) is 4.31 Å². The van der Waals surface area contributed by atoms with Crippen LogP contribution in [0.25, 0.3) is 0 Å². The molecule has 0 amide bonds. The summed E-state index contributed by atoms with van der Waals surface area (Å²) in [4.78, 5) is 2.58. The summed E-state index contributed by atoms with van der Waals surface area (Å²) in [7, 11) is -3.46. The van der Waals surface area contributed by atoms with Gasteiger partial charge in [0.2, 0.25) is 10.0 Å². The Hall–Kier alpha value is -2.05. The van der Waals surface area contributed by atoms with Crippen LogP contribution in [0.5, 0.6) is 0 Å². The summed E-state index contributed by atoms with van der Waals surface area (Å²) in [5.74, 6) is 0. The molecule has 0 bridgehead atoms. The molecule has 0 saturated carbocycles. The highest BCUT2D eigenvalue weighted by Gasteiger charge is 2.29. The number of benzene rings is 2. The van der Waals surface area contributed by atoms with Crippen LogP contribution in [-0.4, -0.2) is 38.9 Å². The van der Waals surface area contributed by atoms with Gasteiger partial charge in [-0.25, -0.2) is 8.42 Å². The molecule has 1 aliphatic rings. The van der Waals surface area contributed by atoms with Gasteiger partial charge in [-0.1, -0.05) is 6.07 Å². The second kappa shape index (κ2) is 6.69. The van der Waals surface area contributed by atoms with Crippen LogP contribution in [0.2, 0.25) is 0 Å². The minimum Gasteiger partial charge on any atom is -0.399 e. The summed E-state index contributed by atoms with van der Waals surface area (Å²) >= 11 is 0. The Morgan fingerprint density at radius 1 is 0.840 bits per heavy atom. The van der Waals surface area contributed by atoms with Crippen molar-refractivity contribution in [2.75, 3.05) is 36.8 Å². The molecule has 0 aliphatic carbocycles. The van der Waals surface area contributed by atoms with Crippen molar-refractivity contribution in [3.63, 3.8) is 0 Å². The molecule has 0 aromatic heterocycles. The number of sulfonamides is 1.